The molecule has 0 atom stereocenters. The Bertz CT molecular complexity index is 719. The number of nitrogens with zero attached hydrogens (tertiary/aromatic N) is 5. The van der Waals surface area contributed by atoms with Crippen molar-refractivity contribution in [2.24, 2.45) is 0 Å². The number of carbonyl (C=O) groups excluding carboxylic acids is 1. The summed E-state index contributed by atoms with van der Waals surface area (Å²) >= 11 is 2.67. The number of rotatable bonds is 4. The van der Waals surface area contributed by atoms with Crippen molar-refractivity contribution >= 4 is 39.9 Å². The van der Waals surface area contributed by atoms with Crippen LogP contribution in [0.5, 0.6) is 0 Å². The van der Waals surface area contributed by atoms with Crippen LogP contribution >= 0.6 is 23.1 Å². The number of thiazole rings is 1. The molecule has 0 aromatic carbocycles. The van der Waals surface area contributed by atoms with Gasteiger partial charge in [-0.15, -0.1) is 16.4 Å². The molecular formula is C11H10N6OS2. The van der Waals surface area contributed by atoms with E-state index in [1.165, 1.54) is 23.1 Å². The van der Waals surface area contributed by atoms with Crippen LogP contribution in [0.3, 0.4) is 0 Å². The molecule has 0 fully saturated rings. The number of anilines is 1. The molecule has 1 amide bonds. The van der Waals surface area contributed by atoms with Crippen LogP contribution in [0.1, 0.15) is 5.69 Å². The lowest BCUT2D eigenvalue weighted by Gasteiger charge is -1.98. The molecule has 0 aliphatic rings. The van der Waals surface area contributed by atoms with Gasteiger partial charge in [-0.05, 0) is 13.0 Å². The summed E-state index contributed by atoms with van der Waals surface area (Å²) in [4.78, 5) is 24.2. The second-order valence-electron chi connectivity index (χ2n) is 3.89. The summed E-state index contributed by atoms with van der Waals surface area (Å²) < 4.78 is 1.57. The van der Waals surface area contributed by atoms with Crippen LogP contribution in [-0.2, 0) is 4.79 Å². The Balaban J connectivity index is 1.59. The first-order valence-electron chi connectivity index (χ1n) is 5.73. The molecule has 0 saturated carbocycles. The number of amides is 1. The molecule has 3 aromatic rings. The number of aromatic nitrogens is 5. The fraction of sp³-hybridized carbons (Fsp3) is 0.182. The van der Waals surface area contributed by atoms with E-state index in [0.717, 1.165) is 5.69 Å². The summed E-state index contributed by atoms with van der Waals surface area (Å²) in [5.74, 6) is 0.623. The van der Waals surface area contributed by atoms with Crippen LogP contribution in [-0.4, -0.2) is 36.2 Å². The third-order valence-corrected chi connectivity index (χ3v) is 4.01. The average Bonchev–Trinajstić information content (AvgIpc) is 3.02. The van der Waals surface area contributed by atoms with Gasteiger partial charge in [0.25, 0.3) is 5.78 Å². The lowest BCUT2D eigenvalue weighted by Crippen LogP contribution is -2.13. The van der Waals surface area contributed by atoms with Gasteiger partial charge in [0.2, 0.25) is 11.1 Å². The largest absolute Gasteiger partial charge is 0.301 e. The first-order chi connectivity index (χ1) is 9.70. The molecule has 0 spiro atoms. The Morgan fingerprint density at radius 3 is 3.15 bits per heavy atom. The monoisotopic (exact) mass is 306 g/mol. The van der Waals surface area contributed by atoms with E-state index in [-0.39, 0.29) is 11.7 Å². The van der Waals surface area contributed by atoms with Crippen molar-refractivity contribution in [3.8, 4) is 0 Å². The third kappa shape index (κ3) is 2.94. The molecule has 1 N–H and O–H groups in total. The predicted octanol–water partition coefficient (Wildman–Crippen LogP) is 1.62. The Morgan fingerprint density at radius 2 is 2.40 bits per heavy atom. The number of thioether (sulfide) groups is 1. The van der Waals surface area contributed by atoms with E-state index < -0.39 is 0 Å². The third-order valence-electron chi connectivity index (χ3n) is 2.29. The fourth-order valence-corrected chi connectivity index (χ4v) is 2.80. The van der Waals surface area contributed by atoms with E-state index in [0.29, 0.717) is 16.1 Å². The maximum Gasteiger partial charge on any atom is 0.253 e. The highest BCUT2D eigenvalue weighted by Gasteiger charge is 2.09. The maximum atomic E-state index is 11.8. The van der Waals surface area contributed by atoms with Gasteiger partial charge in [0.15, 0.2) is 5.13 Å². The van der Waals surface area contributed by atoms with Gasteiger partial charge >= 0.3 is 0 Å². The van der Waals surface area contributed by atoms with E-state index in [2.05, 4.69) is 25.4 Å². The predicted molar refractivity (Wildman–Crippen MR) is 77.0 cm³/mol. The van der Waals surface area contributed by atoms with E-state index in [1.54, 1.807) is 23.0 Å². The van der Waals surface area contributed by atoms with Crippen LogP contribution in [0, 0.1) is 6.92 Å². The second kappa shape index (κ2) is 5.55. The summed E-state index contributed by atoms with van der Waals surface area (Å²) in [5, 5.41) is 9.96. The molecule has 3 rings (SSSR count). The van der Waals surface area contributed by atoms with Crippen LogP contribution in [0.25, 0.3) is 5.78 Å². The van der Waals surface area contributed by atoms with Crippen molar-refractivity contribution in [2.75, 3.05) is 11.1 Å². The van der Waals surface area contributed by atoms with E-state index in [4.69, 9.17) is 0 Å². The molecule has 3 heterocycles. The summed E-state index contributed by atoms with van der Waals surface area (Å²) in [6, 6.07) is 1.77. The molecule has 0 aliphatic heterocycles. The molecular weight excluding hydrogens is 296 g/mol. The average molecular weight is 306 g/mol. The Kier molecular flexibility index (Phi) is 3.61. The zero-order chi connectivity index (χ0) is 13.9. The van der Waals surface area contributed by atoms with Crippen molar-refractivity contribution in [3.63, 3.8) is 0 Å². The lowest BCUT2D eigenvalue weighted by molar-refractivity contribution is -0.113. The summed E-state index contributed by atoms with van der Waals surface area (Å²) in [6.07, 6.45) is 3.41. The molecule has 102 valence electrons. The summed E-state index contributed by atoms with van der Waals surface area (Å²) in [6.45, 7) is 1.88. The lowest BCUT2D eigenvalue weighted by atomic mass is 10.6. The Morgan fingerprint density at radius 1 is 1.50 bits per heavy atom. The maximum absolute atomic E-state index is 11.8. The zero-order valence-electron chi connectivity index (χ0n) is 10.5. The number of hydrogen-bond acceptors (Lipinski definition) is 7. The van der Waals surface area contributed by atoms with E-state index in [1.807, 2.05) is 12.3 Å². The summed E-state index contributed by atoms with van der Waals surface area (Å²) in [7, 11) is 0. The van der Waals surface area contributed by atoms with Crippen LogP contribution in [0.2, 0.25) is 0 Å². The first-order valence-corrected chi connectivity index (χ1v) is 7.59. The molecule has 9 heteroatoms. The normalized spacial score (nSPS) is 10.8. The topological polar surface area (TPSA) is 85.1 Å². The fourth-order valence-electron chi connectivity index (χ4n) is 1.47. The molecule has 0 saturated heterocycles. The quantitative estimate of drug-likeness (QED) is 0.737. The van der Waals surface area contributed by atoms with Crippen molar-refractivity contribution in [2.45, 2.75) is 12.1 Å². The number of carbonyl (C=O) groups is 1. The minimum absolute atomic E-state index is 0.129. The molecule has 7 nitrogen and oxygen atoms in total. The molecule has 0 bridgehead atoms. The van der Waals surface area contributed by atoms with Crippen LogP contribution in [0.4, 0.5) is 5.13 Å². The Hall–Kier alpha value is -2.00. The van der Waals surface area contributed by atoms with Gasteiger partial charge < -0.3 is 5.32 Å². The van der Waals surface area contributed by atoms with Gasteiger partial charge in [-0.2, -0.15) is 4.98 Å². The van der Waals surface area contributed by atoms with Crippen molar-refractivity contribution in [3.05, 3.63) is 29.5 Å². The zero-order valence-corrected chi connectivity index (χ0v) is 12.1. The number of nitrogens with one attached hydrogen (secondary N) is 1. The van der Waals surface area contributed by atoms with Gasteiger partial charge in [0, 0.05) is 17.8 Å². The van der Waals surface area contributed by atoms with Crippen molar-refractivity contribution in [1.29, 1.82) is 0 Å². The van der Waals surface area contributed by atoms with E-state index >= 15 is 0 Å². The number of fused-ring (bicyclic) bond motifs is 1. The Labute approximate surface area is 122 Å². The van der Waals surface area contributed by atoms with Crippen LogP contribution < -0.4 is 5.32 Å². The van der Waals surface area contributed by atoms with Gasteiger partial charge in [-0.25, -0.2) is 14.5 Å². The van der Waals surface area contributed by atoms with Crippen molar-refractivity contribution in [1.82, 2.24) is 24.6 Å². The highest BCUT2D eigenvalue weighted by Crippen LogP contribution is 2.17. The second-order valence-corrected chi connectivity index (χ2v) is 5.69. The standard InChI is InChI=1S/C11H10N6OS2/c1-7-5-19-10(13-7)14-8(18)6-20-11-15-9-12-3-2-4-17(9)16-11/h2-5H,6H2,1H3,(H,13,14,18). The highest BCUT2D eigenvalue weighted by atomic mass is 32.2. The molecule has 0 radical (unpaired) electrons. The smallest absolute Gasteiger partial charge is 0.253 e. The highest BCUT2D eigenvalue weighted by molar-refractivity contribution is 7.99. The van der Waals surface area contributed by atoms with Gasteiger partial charge in [-0.1, -0.05) is 11.8 Å². The van der Waals surface area contributed by atoms with Gasteiger partial charge in [0.05, 0.1) is 11.4 Å². The minimum Gasteiger partial charge on any atom is -0.301 e. The molecule has 0 aliphatic carbocycles. The van der Waals surface area contributed by atoms with Crippen molar-refractivity contribution < 1.29 is 4.79 Å². The molecule has 3 aromatic heterocycles. The first kappa shape index (κ1) is 13.0. The van der Waals surface area contributed by atoms with Gasteiger partial charge in [-0.3, -0.25) is 4.79 Å². The van der Waals surface area contributed by atoms with E-state index in [9.17, 15) is 4.79 Å². The number of aryl methyl sites for hydroxylation is 1. The number of hydrogen-bond donors (Lipinski definition) is 1. The van der Waals surface area contributed by atoms with Gasteiger partial charge in [0.1, 0.15) is 0 Å². The SMILES string of the molecule is Cc1csc(NC(=O)CSc2nc3ncccn3n2)n1. The summed E-state index contributed by atoms with van der Waals surface area (Å²) in [5.41, 5.74) is 0.894. The van der Waals surface area contributed by atoms with Crippen LogP contribution in [0.15, 0.2) is 29.0 Å². The molecule has 0 unspecified atom stereocenters. The molecule has 20 heavy (non-hydrogen) atoms. The minimum atomic E-state index is -0.129.